The van der Waals surface area contributed by atoms with Gasteiger partial charge in [-0.15, -0.1) is 0 Å². The number of hydrogen-bond donors (Lipinski definition) is 1. The maximum Gasteiger partial charge on any atom is 0.137 e. The van der Waals surface area contributed by atoms with Crippen molar-refractivity contribution >= 4 is 0 Å². The van der Waals surface area contributed by atoms with Crippen LogP contribution in [-0.2, 0) is 12.8 Å². The average Bonchev–Trinajstić information content (AvgIpc) is 2.50. The van der Waals surface area contributed by atoms with E-state index in [1.807, 2.05) is 30.3 Å². The summed E-state index contributed by atoms with van der Waals surface area (Å²) in [5.41, 5.74) is 8.22. The zero-order chi connectivity index (χ0) is 14.2. The Bertz CT molecular complexity index is 496. The molecule has 1 aromatic heterocycles. The molecule has 1 unspecified atom stereocenters. The molecule has 0 radical (unpaired) electrons. The van der Waals surface area contributed by atoms with E-state index in [1.54, 1.807) is 6.20 Å². The minimum absolute atomic E-state index is 0.187. The molecule has 3 nitrogen and oxygen atoms in total. The molecule has 0 aliphatic carbocycles. The van der Waals surface area contributed by atoms with Crippen LogP contribution in [0.25, 0.3) is 0 Å². The highest BCUT2D eigenvalue weighted by molar-refractivity contribution is 5.21. The molecule has 2 N–H and O–H groups in total. The van der Waals surface area contributed by atoms with Gasteiger partial charge < -0.3 is 10.5 Å². The van der Waals surface area contributed by atoms with Crippen molar-refractivity contribution in [2.45, 2.75) is 32.2 Å². The van der Waals surface area contributed by atoms with Crippen LogP contribution in [-0.4, -0.2) is 17.6 Å². The van der Waals surface area contributed by atoms with Crippen LogP contribution in [0.2, 0.25) is 0 Å². The van der Waals surface area contributed by atoms with Gasteiger partial charge >= 0.3 is 0 Å². The summed E-state index contributed by atoms with van der Waals surface area (Å²) >= 11 is 0. The topological polar surface area (TPSA) is 48.1 Å². The molecule has 0 fully saturated rings. The van der Waals surface area contributed by atoms with Gasteiger partial charge in [-0.2, -0.15) is 0 Å². The van der Waals surface area contributed by atoms with Crippen molar-refractivity contribution in [1.82, 2.24) is 4.98 Å². The van der Waals surface area contributed by atoms with Gasteiger partial charge in [-0.25, -0.2) is 0 Å². The molecule has 0 aliphatic rings. The van der Waals surface area contributed by atoms with E-state index in [9.17, 15) is 0 Å². The third kappa shape index (κ3) is 4.67. The Morgan fingerprint density at radius 3 is 2.60 bits per heavy atom. The summed E-state index contributed by atoms with van der Waals surface area (Å²) in [6.07, 6.45) is 4.48. The molecule has 3 heteroatoms. The van der Waals surface area contributed by atoms with Gasteiger partial charge in [0.25, 0.3) is 0 Å². The van der Waals surface area contributed by atoms with Gasteiger partial charge in [0.05, 0.1) is 12.8 Å². The fourth-order valence-electron chi connectivity index (χ4n) is 1.96. The van der Waals surface area contributed by atoms with Crippen LogP contribution in [0.15, 0.2) is 48.7 Å². The molecule has 0 spiro atoms. The number of rotatable bonds is 7. The second kappa shape index (κ2) is 7.65. The Morgan fingerprint density at radius 2 is 1.95 bits per heavy atom. The van der Waals surface area contributed by atoms with Gasteiger partial charge in [0.15, 0.2) is 0 Å². The van der Waals surface area contributed by atoms with Crippen LogP contribution in [0, 0.1) is 0 Å². The van der Waals surface area contributed by atoms with E-state index >= 15 is 0 Å². The van der Waals surface area contributed by atoms with Gasteiger partial charge in [-0.05, 0) is 24.1 Å². The van der Waals surface area contributed by atoms with Crippen LogP contribution in [0.5, 0.6) is 5.75 Å². The maximum absolute atomic E-state index is 5.92. The molecule has 0 saturated carbocycles. The summed E-state index contributed by atoms with van der Waals surface area (Å²) in [6, 6.07) is 14.5. The zero-order valence-corrected chi connectivity index (χ0v) is 12.0. The lowest BCUT2D eigenvalue weighted by atomic mass is 10.1. The number of aromatic nitrogens is 1. The maximum atomic E-state index is 5.92. The first-order chi connectivity index (χ1) is 9.78. The van der Waals surface area contributed by atoms with E-state index in [2.05, 4.69) is 24.0 Å². The van der Waals surface area contributed by atoms with Crippen LogP contribution < -0.4 is 10.5 Å². The summed E-state index contributed by atoms with van der Waals surface area (Å²) in [7, 11) is 0. The lowest BCUT2D eigenvalue weighted by Crippen LogP contribution is -2.21. The first-order valence-electron chi connectivity index (χ1n) is 7.15. The highest BCUT2D eigenvalue weighted by atomic mass is 16.5. The molecule has 1 aromatic carbocycles. The number of ether oxygens (including phenoxy) is 1. The third-order valence-corrected chi connectivity index (χ3v) is 3.30. The monoisotopic (exact) mass is 270 g/mol. The average molecular weight is 270 g/mol. The van der Waals surface area contributed by atoms with E-state index in [0.29, 0.717) is 6.61 Å². The zero-order valence-electron chi connectivity index (χ0n) is 12.0. The first kappa shape index (κ1) is 14.5. The van der Waals surface area contributed by atoms with Gasteiger partial charge in [-0.1, -0.05) is 37.3 Å². The highest BCUT2D eigenvalue weighted by Crippen LogP contribution is 2.11. The fraction of sp³-hybridized carbons (Fsp3) is 0.353. The molecule has 20 heavy (non-hydrogen) atoms. The van der Waals surface area contributed by atoms with Crippen molar-refractivity contribution in [3.05, 3.63) is 59.9 Å². The Labute approximate surface area is 120 Å². The summed E-state index contributed by atoms with van der Waals surface area (Å²) in [5, 5.41) is 0. The molecule has 2 rings (SSSR count). The number of pyridine rings is 1. The molecule has 0 saturated heterocycles. The smallest absolute Gasteiger partial charge is 0.137 e. The van der Waals surface area contributed by atoms with Crippen molar-refractivity contribution in [3.8, 4) is 5.75 Å². The molecule has 0 aliphatic heterocycles. The molecular weight excluding hydrogens is 248 g/mol. The minimum Gasteiger partial charge on any atom is -0.492 e. The van der Waals surface area contributed by atoms with Gasteiger partial charge in [0.2, 0.25) is 0 Å². The molecule has 0 amide bonds. The number of nitrogens with two attached hydrogens (primary N) is 1. The summed E-state index contributed by atoms with van der Waals surface area (Å²) < 4.78 is 5.70. The van der Waals surface area contributed by atoms with Gasteiger partial charge in [0, 0.05) is 24.6 Å². The summed E-state index contributed by atoms with van der Waals surface area (Å²) in [4.78, 5) is 4.39. The first-order valence-corrected chi connectivity index (χ1v) is 7.15. The second-order valence-corrected chi connectivity index (χ2v) is 4.94. The van der Waals surface area contributed by atoms with E-state index in [4.69, 9.17) is 10.5 Å². The Balaban J connectivity index is 1.79. The van der Waals surface area contributed by atoms with E-state index in [1.165, 1.54) is 5.56 Å². The number of benzene rings is 1. The summed E-state index contributed by atoms with van der Waals surface area (Å²) in [6.45, 7) is 2.76. The molecule has 1 atom stereocenters. The van der Waals surface area contributed by atoms with Crippen LogP contribution >= 0.6 is 0 Å². The fourth-order valence-corrected chi connectivity index (χ4v) is 1.96. The lowest BCUT2D eigenvalue weighted by molar-refractivity contribution is 0.320. The standard InChI is InChI=1S/C17H22N2O/c1-2-15(18)12-16-8-9-17(13-19-16)20-11-10-14-6-4-3-5-7-14/h3-9,13,15H,2,10-12,18H2,1H3. The molecule has 0 bridgehead atoms. The van der Waals surface area contributed by atoms with E-state index in [-0.39, 0.29) is 6.04 Å². The van der Waals surface area contributed by atoms with E-state index in [0.717, 1.165) is 30.7 Å². The quantitative estimate of drug-likeness (QED) is 0.841. The van der Waals surface area contributed by atoms with Crippen LogP contribution in [0.1, 0.15) is 24.6 Å². The van der Waals surface area contributed by atoms with Crippen molar-refractivity contribution < 1.29 is 4.74 Å². The van der Waals surface area contributed by atoms with Gasteiger partial charge in [-0.3, -0.25) is 4.98 Å². The minimum atomic E-state index is 0.187. The Morgan fingerprint density at radius 1 is 1.15 bits per heavy atom. The summed E-state index contributed by atoms with van der Waals surface area (Å²) in [5.74, 6) is 0.815. The number of hydrogen-bond acceptors (Lipinski definition) is 3. The Hall–Kier alpha value is -1.87. The van der Waals surface area contributed by atoms with Crippen molar-refractivity contribution in [2.24, 2.45) is 5.73 Å². The molecule has 106 valence electrons. The molecule has 2 aromatic rings. The van der Waals surface area contributed by atoms with Crippen molar-refractivity contribution in [1.29, 1.82) is 0 Å². The van der Waals surface area contributed by atoms with Gasteiger partial charge in [0.1, 0.15) is 5.75 Å². The predicted octanol–water partition coefficient (Wildman–Crippen LogP) is 2.98. The lowest BCUT2D eigenvalue weighted by Gasteiger charge is -2.09. The van der Waals surface area contributed by atoms with Crippen molar-refractivity contribution in [3.63, 3.8) is 0 Å². The van der Waals surface area contributed by atoms with Crippen LogP contribution in [0.3, 0.4) is 0 Å². The largest absolute Gasteiger partial charge is 0.492 e. The predicted molar refractivity (Wildman–Crippen MR) is 81.8 cm³/mol. The molecule has 1 heterocycles. The van der Waals surface area contributed by atoms with Crippen molar-refractivity contribution in [2.75, 3.05) is 6.61 Å². The second-order valence-electron chi connectivity index (χ2n) is 4.94. The Kier molecular flexibility index (Phi) is 5.56. The molecular formula is C17H22N2O. The van der Waals surface area contributed by atoms with E-state index < -0.39 is 0 Å². The SMILES string of the molecule is CCC(N)Cc1ccc(OCCc2ccccc2)cn1. The highest BCUT2D eigenvalue weighted by Gasteiger charge is 2.03. The third-order valence-electron chi connectivity index (χ3n) is 3.30. The number of nitrogens with zero attached hydrogens (tertiary/aromatic N) is 1. The normalized spacial score (nSPS) is 12.1. The van der Waals surface area contributed by atoms with Crippen LogP contribution in [0.4, 0.5) is 0 Å².